The van der Waals surface area contributed by atoms with Gasteiger partial charge in [-0.05, 0) is 36.1 Å². The zero-order chi connectivity index (χ0) is 21.2. The van der Waals surface area contributed by atoms with Crippen LogP contribution in [-0.4, -0.2) is 45.9 Å². The molecule has 1 unspecified atom stereocenters. The molecule has 1 aromatic heterocycles. The van der Waals surface area contributed by atoms with Crippen molar-refractivity contribution in [2.75, 3.05) is 25.5 Å². The Labute approximate surface area is 186 Å². The van der Waals surface area contributed by atoms with Crippen LogP contribution in [0.15, 0.2) is 59.9 Å². The summed E-state index contributed by atoms with van der Waals surface area (Å²) in [6.07, 6.45) is 3.85. The second-order valence-electron chi connectivity index (χ2n) is 7.79. The van der Waals surface area contributed by atoms with E-state index in [1.807, 2.05) is 48.5 Å². The molecule has 31 heavy (non-hydrogen) atoms. The lowest BCUT2D eigenvalue weighted by Crippen LogP contribution is -2.32. The minimum absolute atomic E-state index is 0.0881. The van der Waals surface area contributed by atoms with E-state index in [0.29, 0.717) is 19.0 Å². The van der Waals surface area contributed by atoms with Crippen molar-refractivity contribution in [2.45, 2.75) is 24.0 Å². The van der Waals surface area contributed by atoms with Gasteiger partial charge in [-0.2, -0.15) is 0 Å². The highest BCUT2D eigenvalue weighted by Gasteiger charge is 2.31. The van der Waals surface area contributed by atoms with Gasteiger partial charge in [-0.15, -0.1) is 0 Å². The molecule has 1 fully saturated rings. The third kappa shape index (κ3) is 4.02. The van der Waals surface area contributed by atoms with Crippen LogP contribution in [0, 0.1) is 0 Å². The van der Waals surface area contributed by atoms with Crippen molar-refractivity contribution >= 4 is 17.7 Å². The lowest BCUT2D eigenvalue weighted by atomic mass is 10.0. The van der Waals surface area contributed by atoms with Crippen molar-refractivity contribution in [3.05, 3.63) is 60.3 Å². The lowest BCUT2D eigenvalue weighted by Gasteiger charge is -2.26. The van der Waals surface area contributed by atoms with Gasteiger partial charge in [-0.3, -0.25) is 4.79 Å². The number of hydrogen-bond donors (Lipinski definition) is 0. The number of thioether (sulfide) groups is 1. The second-order valence-corrected chi connectivity index (χ2v) is 8.73. The minimum atomic E-state index is 0.0881. The van der Waals surface area contributed by atoms with Crippen LogP contribution in [0.4, 0.5) is 0 Å². The van der Waals surface area contributed by atoms with Gasteiger partial charge in [0.25, 0.3) is 0 Å². The first-order valence-electron chi connectivity index (χ1n) is 10.6. The van der Waals surface area contributed by atoms with Gasteiger partial charge in [-0.25, -0.2) is 4.98 Å². The fourth-order valence-electron chi connectivity index (χ4n) is 4.29. The van der Waals surface area contributed by atoms with Gasteiger partial charge in [0.1, 0.15) is 13.2 Å². The standard InChI is InChI=1S/C24H25N3O3S/c1-26-20(17-6-3-2-4-7-17)15-25-24(26)31-16-23(28)27-11-5-8-19(27)18-9-10-21-22(14-18)30-13-12-29-21/h2-4,6-7,9-10,14-15,19H,5,8,11-13,16H2,1H3. The molecule has 2 aliphatic heterocycles. The summed E-state index contributed by atoms with van der Waals surface area (Å²) in [5.74, 6) is 2.08. The van der Waals surface area contributed by atoms with E-state index < -0.39 is 0 Å². The number of fused-ring (bicyclic) bond motifs is 1. The predicted molar refractivity (Wildman–Crippen MR) is 120 cm³/mol. The summed E-state index contributed by atoms with van der Waals surface area (Å²) in [6.45, 7) is 1.93. The molecule has 3 aromatic rings. The van der Waals surface area contributed by atoms with Crippen molar-refractivity contribution in [1.82, 2.24) is 14.5 Å². The van der Waals surface area contributed by atoms with E-state index in [1.54, 1.807) is 0 Å². The molecule has 0 aliphatic carbocycles. The number of nitrogens with zero attached hydrogens (tertiary/aromatic N) is 3. The van der Waals surface area contributed by atoms with Gasteiger partial charge < -0.3 is 18.9 Å². The average Bonchev–Trinajstić information content (AvgIpc) is 3.45. The highest BCUT2D eigenvalue weighted by Crippen LogP contribution is 2.38. The Morgan fingerprint density at radius 1 is 1.13 bits per heavy atom. The highest BCUT2D eigenvalue weighted by molar-refractivity contribution is 7.99. The first-order chi connectivity index (χ1) is 15.2. The Morgan fingerprint density at radius 2 is 1.94 bits per heavy atom. The topological polar surface area (TPSA) is 56.6 Å². The molecular weight excluding hydrogens is 410 g/mol. The third-order valence-corrected chi connectivity index (χ3v) is 6.89. The fourth-order valence-corrected chi connectivity index (χ4v) is 5.13. The molecule has 0 N–H and O–H groups in total. The van der Waals surface area contributed by atoms with Crippen LogP contribution >= 0.6 is 11.8 Å². The van der Waals surface area contributed by atoms with E-state index in [4.69, 9.17) is 9.47 Å². The van der Waals surface area contributed by atoms with E-state index in [9.17, 15) is 4.79 Å². The number of benzene rings is 2. The van der Waals surface area contributed by atoms with Crippen LogP contribution in [0.3, 0.4) is 0 Å². The average molecular weight is 436 g/mol. The van der Waals surface area contributed by atoms with Crippen LogP contribution < -0.4 is 9.47 Å². The number of hydrogen-bond acceptors (Lipinski definition) is 5. The molecule has 6 nitrogen and oxygen atoms in total. The summed E-state index contributed by atoms with van der Waals surface area (Å²) in [4.78, 5) is 19.6. The van der Waals surface area contributed by atoms with Crippen LogP contribution in [0.5, 0.6) is 11.5 Å². The molecule has 0 radical (unpaired) electrons. The number of imidazole rings is 1. The molecule has 7 heteroatoms. The highest BCUT2D eigenvalue weighted by atomic mass is 32.2. The van der Waals surface area contributed by atoms with Crippen molar-refractivity contribution in [2.24, 2.45) is 7.05 Å². The van der Waals surface area contributed by atoms with Gasteiger partial charge in [0.05, 0.1) is 23.7 Å². The number of carbonyl (C=O) groups excluding carboxylic acids is 1. The molecule has 0 spiro atoms. The van der Waals surface area contributed by atoms with Crippen molar-refractivity contribution in [3.63, 3.8) is 0 Å². The third-order valence-electron chi connectivity index (χ3n) is 5.86. The first-order valence-corrected chi connectivity index (χ1v) is 11.6. The number of ether oxygens (including phenoxy) is 2. The zero-order valence-electron chi connectivity index (χ0n) is 17.5. The predicted octanol–water partition coefficient (Wildman–Crippen LogP) is 4.31. The Morgan fingerprint density at radius 3 is 2.77 bits per heavy atom. The Balaban J connectivity index is 1.27. The second kappa shape index (κ2) is 8.67. The van der Waals surface area contributed by atoms with Crippen molar-refractivity contribution < 1.29 is 14.3 Å². The van der Waals surface area contributed by atoms with Crippen LogP contribution in [-0.2, 0) is 11.8 Å². The monoisotopic (exact) mass is 435 g/mol. The van der Waals surface area contributed by atoms with Crippen molar-refractivity contribution in [1.29, 1.82) is 0 Å². The molecule has 3 heterocycles. The number of carbonyl (C=O) groups is 1. The number of rotatable bonds is 5. The smallest absolute Gasteiger partial charge is 0.233 e. The van der Waals surface area contributed by atoms with Gasteiger partial charge in [0.15, 0.2) is 16.7 Å². The fraction of sp³-hybridized carbons (Fsp3) is 0.333. The molecule has 2 aromatic carbocycles. The van der Waals surface area contributed by atoms with Gasteiger partial charge in [0.2, 0.25) is 5.91 Å². The molecule has 1 atom stereocenters. The number of aromatic nitrogens is 2. The summed E-state index contributed by atoms with van der Waals surface area (Å²) >= 11 is 1.49. The molecular formula is C24H25N3O3S. The van der Waals surface area contributed by atoms with Crippen LogP contribution in [0.2, 0.25) is 0 Å². The summed E-state index contributed by atoms with van der Waals surface area (Å²) in [5, 5.41) is 0.849. The summed E-state index contributed by atoms with van der Waals surface area (Å²) < 4.78 is 13.4. The van der Waals surface area contributed by atoms with E-state index in [1.165, 1.54) is 11.8 Å². The Bertz CT molecular complexity index is 1080. The molecule has 5 rings (SSSR count). The maximum absolute atomic E-state index is 13.1. The number of amides is 1. The molecule has 0 saturated carbocycles. The Hall–Kier alpha value is -2.93. The largest absolute Gasteiger partial charge is 0.486 e. The molecule has 0 bridgehead atoms. The quantitative estimate of drug-likeness (QED) is 0.559. The summed E-state index contributed by atoms with van der Waals surface area (Å²) in [6, 6.07) is 16.3. The SMILES string of the molecule is Cn1c(-c2ccccc2)cnc1SCC(=O)N1CCCC1c1ccc2c(c1)OCCO2. The van der Waals surface area contributed by atoms with E-state index >= 15 is 0 Å². The molecule has 1 amide bonds. The lowest BCUT2D eigenvalue weighted by molar-refractivity contribution is -0.129. The normalized spacial score (nSPS) is 17.7. The molecule has 160 valence electrons. The minimum Gasteiger partial charge on any atom is -0.486 e. The summed E-state index contributed by atoms with van der Waals surface area (Å²) in [5.41, 5.74) is 3.28. The van der Waals surface area contributed by atoms with E-state index in [-0.39, 0.29) is 11.9 Å². The first kappa shape index (κ1) is 20.0. The van der Waals surface area contributed by atoms with E-state index in [2.05, 4.69) is 27.8 Å². The summed E-state index contributed by atoms with van der Waals surface area (Å²) in [7, 11) is 2.00. The van der Waals surface area contributed by atoms with Gasteiger partial charge in [0, 0.05) is 13.6 Å². The van der Waals surface area contributed by atoms with Crippen molar-refractivity contribution in [3.8, 4) is 22.8 Å². The maximum Gasteiger partial charge on any atom is 0.233 e. The van der Waals surface area contributed by atoms with Gasteiger partial charge >= 0.3 is 0 Å². The molecule has 2 aliphatic rings. The molecule has 1 saturated heterocycles. The van der Waals surface area contributed by atoms with Crippen LogP contribution in [0.25, 0.3) is 11.3 Å². The van der Waals surface area contributed by atoms with Crippen LogP contribution in [0.1, 0.15) is 24.4 Å². The van der Waals surface area contributed by atoms with E-state index in [0.717, 1.165) is 52.9 Å². The number of likely N-dealkylation sites (tertiary alicyclic amines) is 1. The maximum atomic E-state index is 13.1. The Kier molecular flexibility index (Phi) is 5.59. The zero-order valence-corrected chi connectivity index (χ0v) is 18.3. The van der Waals surface area contributed by atoms with Gasteiger partial charge in [-0.1, -0.05) is 48.2 Å².